The van der Waals surface area contributed by atoms with Gasteiger partial charge in [0, 0.05) is 16.6 Å². The summed E-state index contributed by atoms with van der Waals surface area (Å²) >= 11 is 0. The number of pyridine rings is 1. The number of hydrogen-bond donors (Lipinski definition) is 1. The van der Waals surface area contributed by atoms with Gasteiger partial charge in [-0.1, -0.05) is 72.3 Å². The van der Waals surface area contributed by atoms with Crippen molar-refractivity contribution in [1.29, 1.82) is 0 Å². The van der Waals surface area contributed by atoms with Gasteiger partial charge in [-0.05, 0) is 61.4 Å². The maximum atomic E-state index is 13.6. The van der Waals surface area contributed by atoms with Crippen LogP contribution in [-0.4, -0.2) is 20.0 Å². The highest BCUT2D eigenvalue weighted by molar-refractivity contribution is 6.08. The molecule has 7 nitrogen and oxygen atoms in total. The van der Waals surface area contributed by atoms with Crippen LogP contribution in [0.3, 0.4) is 0 Å². The standard InChI is InChI=1S/C34H28N4O3/c1-22-11-13-24(14-12-22)20-37-31-10-6-4-8-28(31)33(40)38(34(37)41)21-25-15-17-26(18-16-25)32(39)36-30-19-23(2)35-29-9-5-3-7-27(29)30/h3-19H,20-21H2,1-2H3,(H,35,36,39). The number of benzene rings is 4. The lowest BCUT2D eigenvalue weighted by atomic mass is 10.1. The number of nitrogens with one attached hydrogen (secondary N) is 1. The third kappa shape index (κ3) is 5.17. The summed E-state index contributed by atoms with van der Waals surface area (Å²) in [5.74, 6) is -0.254. The van der Waals surface area contributed by atoms with Crippen molar-refractivity contribution >= 4 is 33.4 Å². The summed E-state index contributed by atoms with van der Waals surface area (Å²) < 4.78 is 2.90. The van der Waals surface area contributed by atoms with Gasteiger partial charge in [-0.2, -0.15) is 0 Å². The highest BCUT2D eigenvalue weighted by Gasteiger charge is 2.15. The lowest BCUT2D eigenvalue weighted by Crippen LogP contribution is -2.40. The van der Waals surface area contributed by atoms with E-state index in [1.54, 1.807) is 47.0 Å². The summed E-state index contributed by atoms with van der Waals surface area (Å²) in [6.45, 7) is 4.34. The summed E-state index contributed by atoms with van der Waals surface area (Å²) in [6, 6.07) is 31.7. The molecule has 1 N–H and O–H groups in total. The van der Waals surface area contributed by atoms with Crippen molar-refractivity contribution in [3.63, 3.8) is 0 Å². The molecule has 0 aliphatic carbocycles. The van der Waals surface area contributed by atoms with Gasteiger partial charge in [0.2, 0.25) is 0 Å². The largest absolute Gasteiger partial charge is 0.332 e. The van der Waals surface area contributed by atoms with Crippen LogP contribution in [-0.2, 0) is 13.1 Å². The fourth-order valence-electron chi connectivity index (χ4n) is 5.09. The highest BCUT2D eigenvalue weighted by atomic mass is 16.2. The number of aromatic nitrogens is 3. The molecule has 0 fully saturated rings. The first-order valence-corrected chi connectivity index (χ1v) is 13.4. The summed E-state index contributed by atoms with van der Waals surface area (Å²) in [7, 11) is 0. The van der Waals surface area contributed by atoms with Crippen LogP contribution >= 0.6 is 0 Å². The Bertz CT molecular complexity index is 2040. The van der Waals surface area contributed by atoms with Gasteiger partial charge in [0.15, 0.2) is 0 Å². The second kappa shape index (κ2) is 10.7. The minimum atomic E-state index is -0.379. The minimum absolute atomic E-state index is 0.0898. The molecule has 202 valence electrons. The molecule has 0 radical (unpaired) electrons. The van der Waals surface area contributed by atoms with E-state index in [0.29, 0.717) is 28.7 Å². The van der Waals surface area contributed by atoms with Crippen LogP contribution in [0.4, 0.5) is 5.69 Å². The number of hydrogen-bond acceptors (Lipinski definition) is 4. The van der Waals surface area contributed by atoms with Gasteiger partial charge in [-0.15, -0.1) is 0 Å². The molecule has 2 aromatic heterocycles. The van der Waals surface area contributed by atoms with E-state index in [1.807, 2.05) is 74.5 Å². The fraction of sp³-hybridized carbons (Fsp3) is 0.118. The molecular weight excluding hydrogens is 512 g/mol. The number of fused-ring (bicyclic) bond motifs is 2. The molecule has 0 saturated heterocycles. The fourth-order valence-corrected chi connectivity index (χ4v) is 5.09. The minimum Gasteiger partial charge on any atom is -0.321 e. The second-order valence-electron chi connectivity index (χ2n) is 10.2. The van der Waals surface area contributed by atoms with Gasteiger partial charge in [-0.25, -0.2) is 4.79 Å². The molecule has 0 spiro atoms. The third-order valence-corrected chi connectivity index (χ3v) is 7.24. The normalized spacial score (nSPS) is 11.2. The molecule has 6 rings (SSSR count). The Morgan fingerprint density at radius 2 is 1.34 bits per heavy atom. The number of aryl methyl sites for hydroxylation is 2. The van der Waals surface area contributed by atoms with E-state index in [2.05, 4.69) is 10.3 Å². The number of carbonyl (C=O) groups is 1. The number of carbonyl (C=O) groups excluding carboxylic acids is 1. The molecule has 0 aliphatic rings. The van der Waals surface area contributed by atoms with E-state index in [0.717, 1.165) is 33.3 Å². The van der Waals surface area contributed by atoms with Crippen molar-refractivity contribution in [1.82, 2.24) is 14.1 Å². The molecule has 0 saturated carbocycles. The summed E-state index contributed by atoms with van der Waals surface area (Å²) in [5, 5.41) is 4.34. The average Bonchev–Trinajstić information content (AvgIpc) is 2.98. The SMILES string of the molecule is Cc1ccc(Cn2c(=O)n(Cc3ccc(C(=O)Nc4cc(C)nc5ccccc45)cc3)c(=O)c3ccccc32)cc1. The van der Waals surface area contributed by atoms with Crippen LogP contribution in [0.15, 0.2) is 113 Å². The zero-order valence-corrected chi connectivity index (χ0v) is 22.8. The molecule has 0 aliphatic heterocycles. The predicted octanol–water partition coefficient (Wildman–Crippen LogP) is 5.68. The molecule has 4 aromatic carbocycles. The van der Waals surface area contributed by atoms with Crippen molar-refractivity contribution in [2.45, 2.75) is 26.9 Å². The number of amides is 1. The molecular formula is C34H28N4O3. The van der Waals surface area contributed by atoms with Gasteiger partial charge >= 0.3 is 5.69 Å². The van der Waals surface area contributed by atoms with E-state index in [-0.39, 0.29) is 23.7 Å². The molecule has 1 amide bonds. The molecule has 6 aromatic rings. The Labute approximate surface area is 236 Å². The van der Waals surface area contributed by atoms with Crippen LogP contribution in [0.2, 0.25) is 0 Å². The Morgan fingerprint density at radius 1 is 0.732 bits per heavy atom. The van der Waals surface area contributed by atoms with Crippen LogP contribution in [0.25, 0.3) is 21.8 Å². The van der Waals surface area contributed by atoms with Crippen LogP contribution in [0.5, 0.6) is 0 Å². The van der Waals surface area contributed by atoms with Crippen molar-refractivity contribution < 1.29 is 4.79 Å². The second-order valence-corrected chi connectivity index (χ2v) is 10.2. The van der Waals surface area contributed by atoms with Gasteiger partial charge in [0.05, 0.1) is 35.2 Å². The first-order chi connectivity index (χ1) is 19.9. The summed E-state index contributed by atoms with van der Waals surface area (Å²) in [6.07, 6.45) is 0. The summed E-state index contributed by atoms with van der Waals surface area (Å²) in [5.41, 5.74) is 5.51. The van der Waals surface area contributed by atoms with Crippen molar-refractivity contribution in [3.8, 4) is 0 Å². The molecule has 7 heteroatoms. The van der Waals surface area contributed by atoms with E-state index in [4.69, 9.17) is 0 Å². The Kier molecular flexibility index (Phi) is 6.77. The molecule has 0 unspecified atom stereocenters. The molecule has 0 atom stereocenters. The van der Waals surface area contributed by atoms with E-state index in [9.17, 15) is 14.4 Å². The quantitative estimate of drug-likeness (QED) is 0.295. The van der Waals surface area contributed by atoms with Crippen molar-refractivity contribution in [2.24, 2.45) is 0 Å². The third-order valence-electron chi connectivity index (χ3n) is 7.24. The van der Waals surface area contributed by atoms with Crippen molar-refractivity contribution in [2.75, 3.05) is 5.32 Å². The smallest absolute Gasteiger partial charge is 0.321 e. The Hall–Kier alpha value is -5.30. The van der Waals surface area contributed by atoms with Crippen LogP contribution in [0.1, 0.15) is 32.7 Å². The number of rotatable bonds is 6. The lowest BCUT2D eigenvalue weighted by molar-refractivity contribution is 0.102. The maximum absolute atomic E-state index is 13.6. The van der Waals surface area contributed by atoms with Crippen LogP contribution in [0, 0.1) is 13.8 Å². The molecule has 0 bridgehead atoms. The van der Waals surface area contributed by atoms with Gasteiger partial charge in [0.25, 0.3) is 11.5 Å². The maximum Gasteiger partial charge on any atom is 0.332 e. The number of anilines is 1. The molecule has 41 heavy (non-hydrogen) atoms. The topological polar surface area (TPSA) is 86.0 Å². The van der Waals surface area contributed by atoms with E-state index >= 15 is 0 Å². The summed E-state index contributed by atoms with van der Waals surface area (Å²) in [4.78, 5) is 44.7. The van der Waals surface area contributed by atoms with Gasteiger partial charge in [-0.3, -0.25) is 23.7 Å². The monoisotopic (exact) mass is 540 g/mol. The lowest BCUT2D eigenvalue weighted by Gasteiger charge is -2.15. The van der Waals surface area contributed by atoms with E-state index in [1.165, 1.54) is 4.57 Å². The van der Waals surface area contributed by atoms with E-state index < -0.39 is 0 Å². The highest BCUT2D eigenvalue weighted by Crippen LogP contribution is 2.23. The predicted molar refractivity (Wildman–Crippen MR) is 163 cm³/mol. The zero-order chi connectivity index (χ0) is 28.5. The number of nitrogens with zero attached hydrogens (tertiary/aromatic N) is 3. The number of para-hydroxylation sites is 2. The first-order valence-electron chi connectivity index (χ1n) is 13.4. The Balaban J connectivity index is 1.30. The first kappa shape index (κ1) is 26.0. The van der Waals surface area contributed by atoms with Gasteiger partial charge < -0.3 is 5.32 Å². The van der Waals surface area contributed by atoms with Crippen molar-refractivity contribution in [3.05, 3.63) is 152 Å². The van der Waals surface area contributed by atoms with Crippen LogP contribution < -0.4 is 16.6 Å². The van der Waals surface area contributed by atoms with Gasteiger partial charge in [0.1, 0.15) is 0 Å². The Morgan fingerprint density at radius 3 is 2.07 bits per heavy atom. The average molecular weight is 541 g/mol. The molecule has 2 heterocycles. The zero-order valence-electron chi connectivity index (χ0n) is 22.8.